The van der Waals surface area contributed by atoms with Crippen molar-refractivity contribution in [3.8, 4) is 5.69 Å². The number of aromatic nitrogens is 3. The predicted molar refractivity (Wildman–Crippen MR) is 118 cm³/mol. The summed E-state index contributed by atoms with van der Waals surface area (Å²) in [5, 5.41) is 7.98. The molecule has 4 rings (SSSR count). The van der Waals surface area contributed by atoms with E-state index in [1.807, 2.05) is 43.3 Å². The van der Waals surface area contributed by atoms with Gasteiger partial charge >= 0.3 is 0 Å². The number of carbonyl (C=O) groups is 1. The van der Waals surface area contributed by atoms with Gasteiger partial charge in [0, 0.05) is 43.9 Å². The third-order valence-electron chi connectivity index (χ3n) is 5.40. The molecule has 1 aromatic carbocycles. The molecule has 1 amide bonds. The molecule has 1 aliphatic heterocycles. The van der Waals surface area contributed by atoms with E-state index in [9.17, 15) is 4.79 Å². The van der Waals surface area contributed by atoms with E-state index in [2.05, 4.69) is 32.2 Å². The number of anilines is 1. The summed E-state index contributed by atoms with van der Waals surface area (Å²) >= 11 is 6.08. The van der Waals surface area contributed by atoms with Crippen LogP contribution >= 0.6 is 11.6 Å². The summed E-state index contributed by atoms with van der Waals surface area (Å²) in [5.41, 5.74) is 3.16. The minimum atomic E-state index is -0.154. The van der Waals surface area contributed by atoms with Crippen LogP contribution in [0.3, 0.4) is 0 Å². The number of likely N-dealkylation sites (N-methyl/N-ethyl adjacent to an activating group) is 1. The molecule has 3 heterocycles. The topological polar surface area (TPSA) is 66.3 Å². The normalized spacial score (nSPS) is 14.7. The number of rotatable bonds is 5. The van der Waals surface area contributed by atoms with Crippen LogP contribution in [0.1, 0.15) is 21.6 Å². The minimum Gasteiger partial charge on any atom is -0.354 e. The maximum atomic E-state index is 12.8. The van der Waals surface area contributed by atoms with Crippen LogP contribution in [-0.4, -0.2) is 58.8 Å². The fourth-order valence-corrected chi connectivity index (χ4v) is 3.74. The Labute approximate surface area is 181 Å². The van der Waals surface area contributed by atoms with E-state index in [-0.39, 0.29) is 5.91 Å². The van der Waals surface area contributed by atoms with Crippen molar-refractivity contribution in [2.45, 2.75) is 13.5 Å². The second-order valence-corrected chi connectivity index (χ2v) is 7.97. The van der Waals surface area contributed by atoms with Gasteiger partial charge in [0.2, 0.25) is 0 Å². The molecule has 0 saturated carbocycles. The molecule has 1 saturated heterocycles. The number of benzene rings is 1. The van der Waals surface area contributed by atoms with E-state index in [0.29, 0.717) is 17.1 Å². The number of nitrogens with one attached hydrogen (secondary N) is 1. The zero-order valence-electron chi connectivity index (χ0n) is 17.2. The zero-order valence-corrected chi connectivity index (χ0v) is 17.9. The van der Waals surface area contributed by atoms with Gasteiger partial charge in [0.25, 0.3) is 5.91 Å². The lowest BCUT2D eigenvalue weighted by atomic mass is 10.2. The van der Waals surface area contributed by atoms with Crippen molar-refractivity contribution >= 4 is 23.3 Å². The van der Waals surface area contributed by atoms with Gasteiger partial charge in [0.05, 0.1) is 23.1 Å². The maximum Gasteiger partial charge on any atom is 0.255 e. The van der Waals surface area contributed by atoms with Gasteiger partial charge in [0.1, 0.15) is 5.82 Å². The van der Waals surface area contributed by atoms with Crippen molar-refractivity contribution in [2.24, 2.45) is 0 Å². The summed E-state index contributed by atoms with van der Waals surface area (Å²) in [5.74, 6) is 0.804. The number of pyridine rings is 1. The second kappa shape index (κ2) is 8.85. The Bertz CT molecular complexity index is 1040. The molecule has 1 N–H and O–H groups in total. The molecular formula is C22H25ClN6O. The Morgan fingerprint density at radius 1 is 1.17 bits per heavy atom. The van der Waals surface area contributed by atoms with Crippen LogP contribution < -0.4 is 10.2 Å². The molecule has 0 aliphatic carbocycles. The Morgan fingerprint density at radius 3 is 2.73 bits per heavy atom. The van der Waals surface area contributed by atoms with Crippen molar-refractivity contribution < 1.29 is 4.79 Å². The van der Waals surface area contributed by atoms with Gasteiger partial charge in [-0.25, -0.2) is 9.67 Å². The SMILES string of the molecule is Cc1c(C(=O)NCc2ccnc(N3CCN(C)CC3)c2)cnn1-c1cccc(Cl)c1. The predicted octanol–water partition coefficient (Wildman–Crippen LogP) is 2.91. The van der Waals surface area contributed by atoms with Crippen molar-refractivity contribution in [3.63, 3.8) is 0 Å². The fourth-order valence-electron chi connectivity index (χ4n) is 3.56. The number of carbonyl (C=O) groups excluding carboxylic acids is 1. The van der Waals surface area contributed by atoms with Crippen molar-refractivity contribution in [1.82, 2.24) is 25.0 Å². The van der Waals surface area contributed by atoms with E-state index in [0.717, 1.165) is 48.9 Å². The smallest absolute Gasteiger partial charge is 0.255 e. The second-order valence-electron chi connectivity index (χ2n) is 7.53. The molecule has 30 heavy (non-hydrogen) atoms. The summed E-state index contributed by atoms with van der Waals surface area (Å²) in [7, 11) is 2.13. The monoisotopic (exact) mass is 424 g/mol. The van der Waals surface area contributed by atoms with Crippen LogP contribution in [0, 0.1) is 6.92 Å². The Morgan fingerprint density at radius 2 is 1.97 bits per heavy atom. The molecular weight excluding hydrogens is 400 g/mol. The van der Waals surface area contributed by atoms with E-state index < -0.39 is 0 Å². The summed E-state index contributed by atoms with van der Waals surface area (Å²) in [6.45, 7) is 6.28. The van der Waals surface area contributed by atoms with E-state index in [1.54, 1.807) is 17.1 Å². The maximum absolute atomic E-state index is 12.8. The highest BCUT2D eigenvalue weighted by atomic mass is 35.5. The Balaban J connectivity index is 1.42. The highest BCUT2D eigenvalue weighted by Gasteiger charge is 2.17. The minimum absolute atomic E-state index is 0.154. The van der Waals surface area contributed by atoms with Gasteiger partial charge in [-0.3, -0.25) is 4.79 Å². The average Bonchev–Trinajstić information content (AvgIpc) is 3.14. The van der Waals surface area contributed by atoms with Gasteiger partial charge in [0.15, 0.2) is 0 Å². The lowest BCUT2D eigenvalue weighted by Gasteiger charge is -2.33. The van der Waals surface area contributed by atoms with Crippen LogP contribution in [0.2, 0.25) is 5.02 Å². The largest absolute Gasteiger partial charge is 0.354 e. The molecule has 0 unspecified atom stereocenters. The fraction of sp³-hybridized carbons (Fsp3) is 0.318. The third kappa shape index (κ3) is 4.47. The highest BCUT2D eigenvalue weighted by Crippen LogP contribution is 2.18. The van der Waals surface area contributed by atoms with Crippen LogP contribution in [0.15, 0.2) is 48.8 Å². The molecule has 156 valence electrons. The van der Waals surface area contributed by atoms with E-state index in [4.69, 9.17) is 11.6 Å². The Hall–Kier alpha value is -2.90. The van der Waals surface area contributed by atoms with Gasteiger partial charge in [-0.05, 0) is 49.9 Å². The number of nitrogens with zero attached hydrogens (tertiary/aromatic N) is 5. The molecule has 0 bridgehead atoms. The summed E-state index contributed by atoms with van der Waals surface area (Å²) in [4.78, 5) is 21.8. The number of halogens is 1. The first-order valence-corrected chi connectivity index (χ1v) is 10.4. The quantitative estimate of drug-likeness (QED) is 0.682. The number of amides is 1. The van der Waals surface area contributed by atoms with E-state index in [1.165, 1.54) is 0 Å². The van der Waals surface area contributed by atoms with Gasteiger partial charge in [-0.2, -0.15) is 5.10 Å². The lowest BCUT2D eigenvalue weighted by molar-refractivity contribution is 0.0950. The van der Waals surface area contributed by atoms with Crippen LogP contribution in [-0.2, 0) is 6.54 Å². The average molecular weight is 425 g/mol. The first-order valence-electron chi connectivity index (χ1n) is 9.98. The van der Waals surface area contributed by atoms with Gasteiger partial charge < -0.3 is 15.1 Å². The molecule has 1 fully saturated rings. The molecule has 8 heteroatoms. The summed E-state index contributed by atoms with van der Waals surface area (Å²) < 4.78 is 1.72. The molecule has 3 aromatic rings. The molecule has 7 nitrogen and oxygen atoms in total. The first kappa shape index (κ1) is 20.4. The van der Waals surface area contributed by atoms with Crippen LogP contribution in [0.5, 0.6) is 0 Å². The lowest BCUT2D eigenvalue weighted by Crippen LogP contribution is -2.44. The molecule has 0 radical (unpaired) electrons. The van der Waals surface area contributed by atoms with Crippen LogP contribution in [0.25, 0.3) is 5.69 Å². The molecule has 0 spiro atoms. The highest BCUT2D eigenvalue weighted by molar-refractivity contribution is 6.30. The van der Waals surface area contributed by atoms with Crippen molar-refractivity contribution in [1.29, 1.82) is 0 Å². The van der Waals surface area contributed by atoms with Crippen molar-refractivity contribution in [3.05, 3.63) is 70.6 Å². The molecule has 2 aromatic heterocycles. The molecule has 1 aliphatic rings. The number of piperazine rings is 1. The van der Waals surface area contributed by atoms with Crippen LogP contribution in [0.4, 0.5) is 5.82 Å². The number of hydrogen-bond acceptors (Lipinski definition) is 5. The van der Waals surface area contributed by atoms with Crippen molar-refractivity contribution in [2.75, 3.05) is 38.1 Å². The first-order chi connectivity index (χ1) is 14.5. The molecule has 0 atom stereocenters. The zero-order chi connectivity index (χ0) is 21.1. The Kier molecular flexibility index (Phi) is 6.01. The summed E-state index contributed by atoms with van der Waals surface area (Å²) in [6.07, 6.45) is 3.39. The number of hydrogen-bond donors (Lipinski definition) is 1. The summed E-state index contributed by atoms with van der Waals surface area (Å²) in [6, 6.07) is 11.4. The third-order valence-corrected chi connectivity index (χ3v) is 5.63. The van der Waals surface area contributed by atoms with E-state index >= 15 is 0 Å². The van der Waals surface area contributed by atoms with Gasteiger partial charge in [-0.1, -0.05) is 17.7 Å². The van der Waals surface area contributed by atoms with Gasteiger partial charge in [-0.15, -0.1) is 0 Å². The standard InChI is InChI=1S/C22H25ClN6O/c1-16-20(15-26-29(16)19-5-3-4-18(23)13-19)22(30)25-14-17-6-7-24-21(12-17)28-10-8-27(2)9-11-28/h3-7,12-13,15H,8-11,14H2,1-2H3,(H,25,30).